The molecule has 1 N–H and O–H groups in total. The maximum Gasteiger partial charge on any atom is 0.264 e. The van der Waals surface area contributed by atoms with Crippen LogP contribution < -0.4 is 9.73 Å². The fraction of sp³-hybridized carbons (Fsp3) is 0.111. The van der Waals surface area contributed by atoms with Crippen molar-refractivity contribution < 1.29 is 13.2 Å². The van der Waals surface area contributed by atoms with E-state index in [0.29, 0.717) is 5.69 Å². The number of amides is 1. The molecular weight excluding hydrogens is 620 g/mol. The van der Waals surface area contributed by atoms with Crippen molar-refractivity contribution in [1.82, 2.24) is 9.99 Å². The third-order valence-electron chi connectivity index (χ3n) is 5.68. The average Bonchev–Trinajstić information content (AvgIpc) is 3.17. The fourth-order valence-corrected chi connectivity index (χ4v) is 5.86. The summed E-state index contributed by atoms with van der Waals surface area (Å²) >= 11 is 6.81. The van der Waals surface area contributed by atoms with Gasteiger partial charge in [0.05, 0.1) is 16.8 Å². The summed E-state index contributed by atoms with van der Waals surface area (Å²) < 4.78 is 31.7. The van der Waals surface area contributed by atoms with Crippen LogP contribution in [0.15, 0.2) is 104 Å². The second-order valence-corrected chi connectivity index (χ2v) is 11.9. The molecule has 0 radical (unpaired) electrons. The van der Waals surface area contributed by atoms with Gasteiger partial charge in [-0.05, 0) is 80.6 Å². The van der Waals surface area contributed by atoms with Gasteiger partial charge in [-0.15, -0.1) is 0 Å². The first-order valence-corrected chi connectivity index (χ1v) is 14.3. The number of aryl methyl sites for hydroxylation is 1. The zero-order valence-electron chi connectivity index (χ0n) is 20.1. The molecule has 0 fully saturated rings. The van der Waals surface area contributed by atoms with Gasteiger partial charge in [0.2, 0.25) is 0 Å². The molecule has 1 heterocycles. The number of sulfonamides is 1. The molecule has 1 aromatic heterocycles. The first-order valence-electron chi connectivity index (χ1n) is 11.3. The number of hydrazone groups is 1. The summed E-state index contributed by atoms with van der Waals surface area (Å²) in [6.45, 7) is 3.53. The van der Waals surface area contributed by atoms with Crippen LogP contribution in [0.4, 0.5) is 5.69 Å². The molecule has 190 valence electrons. The third kappa shape index (κ3) is 6.20. The molecule has 7 nitrogen and oxygen atoms in total. The molecule has 4 rings (SSSR count). The number of nitrogens with one attached hydrogen (secondary N) is 1. The minimum Gasteiger partial charge on any atom is -0.318 e. The van der Waals surface area contributed by atoms with Crippen molar-refractivity contribution in [3.05, 3.63) is 111 Å². The number of hydrogen-bond donors (Lipinski definition) is 1. The van der Waals surface area contributed by atoms with Crippen LogP contribution in [0.5, 0.6) is 0 Å². The van der Waals surface area contributed by atoms with E-state index in [4.69, 9.17) is 0 Å². The quantitative estimate of drug-likeness (QED) is 0.190. The average molecular weight is 644 g/mol. The Morgan fingerprint density at radius 2 is 1.54 bits per heavy atom. The van der Waals surface area contributed by atoms with Gasteiger partial charge >= 0.3 is 0 Å². The van der Waals surface area contributed by atoms with E-state index in [1.165, 1.54) is 12.1 Å². The van der Waals surface area contributed by atoms with E-state index >= 15 is 0 Å². The van der Waals surface area contributed by atoms with E-state index in [9.17, 15) is 13.2 Å². The first kappa shape index (κ1) is 26.8. The second kappa shape index (κ2) is 11.5. The van der Waals surface area contributed by atoms with Gasteiger partial charge in [-0.1, -0.05) is 50.1 Å². The molecule has 0 aliphatic carbocycles. The van der Waals surface area contributed by atoms with Crippen LogP contribution in [0.3, 0.4) is 0 Å². The number of benzene rings is 3. The maximum absolute atomic E-state index is 13.4. The number of hydrogen-bond acceptors (Lipinski definition) is 4. The van der Waals surface area contributed by atoms with E-state index in [1.54, 1.807) is 48.7 Å². The lowest BCUT2D eigenvalue weighted by Gasteiger charge is -2.23. The van der Waals surface area contributed by atoms with Crippen molar-refractivity contribution in [3.63, 3.8) is 0 Å². The molecule has 4 aromatic rings. The number of carbonyl (C=O) groups is 1. The highest BCUT2D eigenvalue weighted by atomic mass is 79.9. The Kier molecular flexibility index (Phi) is 8.31. The van der Waals surface area contributed by atoms with Crippen molar-refractivity contribution >= 4 is 59.7 Å². The van der Waals surface area contributed by atoms with Gasteiger partial charge in [-0.2, -0.15) is 5.10 Å². The predicted molar refractivity (Wildman–Crippen MR) is 154 cm³/mol. The van der Waals surface area contributed by atoms with E-state index < -0.39 is 22.5 Å². The van der Waals surface area contributed by atoms with Gasteiger partial charge in [0.15, 0.2) is 0 Å². The summed E-state index contributed by atoms with van der Waals surface area (Å²) in [5, 5.41) is 4.11. The van der Waals surface area contributed by atoms with Crippen LogP contribution in [0.1, 0.15) is 17.0 Å². The molecule has 0 saturated heterocycles. The molecule has 3 aromatic carbocycles. The third-order valence-corrected chi connectivity index (χ3v) is 8.53. The summed E-state index contributed by atoms with van der Waals surface area (Å²) in [6, 6.07) is 24.7. The first-order chi connectivity index (χ1) is 17.7. The normalized spacial score (nSPS) is 11.6. The molecule has 0 saturated carbocycles. The fourth-order valence-electron chi connectivity index (χ4n) is 3.89. The van der Waals surface area contributed by atoms with Crippen LogP contribution in [0.25, 0.3) is 5.69 Å². The lowest BCUT2D eigenvalue weighted by Crippen LogP contribution is -2.39. The molecule has 37 heavy (non-hydrogen) atoms. The predicted octanol–water partition coefficient (Wildman–Crippen LogP) is 5.96. The second-order valence-electron chi connectivity index (χ2n) is 8.23. The summed E-state index contributed by atoms with van der Waals surface area (Å²) in [7, 11) is -3.98. The standard InChI is InChI=1S/C27H24Br2N4O3S/c1-19-16-21(20(2)33(19)25-14-10-23(29)11-15-25)17-30-31-27(34)18-32(24-12-8-22(28)9-13-24)37(35,36)26-6-4-3-5-7-26/h3-17H,18H2,1-2H3,(H,31,34)/b30-17+. The Morgan fingerprint density at radius 1 is 0.946 bits per heavy atom. The van der Waals surface area contributed by atoms with Crippen molar-refractivity contribution in [2.75, 3.05) is 10.8 Å². The van der Waals surface area contributed by atoms with E-state index in [0.717, 1.165) is 35.9 Å². The van der Waals surface area contributed by atoms with Crippen molar-refractivity contribution in [2.45, 2.75) is 18.7 Å². The van der Waals surface area contributed by atoms with Gasteiger partial charge in [0.1, 0.15) is 6.54 Å². The lowest BCUT2D eigenvalue weighted by atomic mass is 10.2. The van der Waals surface area contributed by atoms with Gasteiger partial charge in [0, 0.05) is 31.6 Å². The van der Waals surface area contributed by atoms with E-state index in [-0.39, 0.29) is 4.90 Å². The summed E-state index contributed by atoms with van der Waals surface area (Å²) in [6.07, 6.45) is 1.56. The van der Waals surface area contributed by atoms with E-state index in [1.807, 2.05) is 44.2 Å². The van der Waals surface area contributed by atoms with Gasteiger partial charge in [-0.25, -0.2) is 13.8 Å². The minimum atomic E-state index is -3.98. The van der Waals surface area contributed by atoms with Crippen molar-refractivity contribution in [3.8, 4) is 5.69 Å². The highest BCUT2D eigenvalue weighted by Crippen LogP contribution is 2.25. The van der Waals surface area contributed by atoms with E-state index in [2.05, 4.69) is 47.0 Å². The monoisotopic (exact) mass is 642 g/mol. The molecule has 1 amide bonds. The smallest absolute Gasteiger partial charge is 0.264 e. The Hall–Kier alpha value is -3.21. The number of aromatic nitrogens is 1. The van der Waals surface area contributed by atoms with Crippen LogP contribution in [0, 0.1) is 13.8 Å². The van der Waals surface area contributed by atoms with Crippen LogP contribution in [-0.2, 0) is 14.8 Å². The molecule has 10 heteroatoms. The number of carbonyl (C=O) groups excluding carboxylic acids is 1. The summed E-state index contributed by atoms with van der Waals surface area (Å²) in [4.78, 5) is 12.9. The SMILES string of the molecule is Cc1cc(/C=N/NC(=O)CN(c2ccc(Br)cc2)S(=O)(=O)c2ccccc2)c(C)n1-c1ccc(Br)cc1. The summed E-state index contributed by atoms with van der Waals surface area (Å²) in [5.41, 5.74) is 6.66. The minimum absolute atomic E-state index is 0.0922. The Bertz CT molecular complexity index is 1530. The van der Waals surface area contributed by atoms with Gasteiger partial charge in [-0.3, -0.25) is 9.10 Å². The van der Waals surface area contributed by atoms with Crippen molar-refractivity contribution in [1.29, 1.82) is 0 Å². The number of halogens is 2. The zero-order valence-corrected chi connectivity index (χ0v) is 24.1. The molecule has 0 aliphatic rings. The molecule has 0 unspecified atom stereocenters. The summed E-state index contributed by atoms with van der Waals surface area (Å²) in [5.74, 6) is -0.569. The zero-order chi connectivity index (χ0) is 26.6. The number of anilines is 1. The molecule has 0 bridgehead atoms. The van der Waals surface area contributed by atoms with Gasteiger partial charge < -0.3 is 4.57 Å². The largest absolute Gasteiger partial charge is 0.318 e. The van der Waals surface area contributed by atoms with Crippen molar-refractivity contribution in [2.24, 2.45) is 5.10 Å². The van der Waals surface area contributed by atoms with Crippen LogP contribution >= 0.6 is 31.9 Å². The Labute approximate surface area is 233 Å². The molecule has 0 atom stereocenters. The Balaban J connectivity index is 1.53. The molecule has 0 aliphatic heterocycles. The maximum atomic E-state index is 13.4. The number of nitrogens with zero attached hydrogens (tertiary/aromatic N) is 3. The number of rotatable bonds is 8. The van der Waals surface area contributed by atoms with Crippen LogP contribution in [-0.4, -0.2) is 31.7 Å². The van der Waals surface area contributed by atoms with Gasteiger partial charge in [0.25, 0.3) is 15.9 Å². The topological polar surface area (TPSA) is 83.8 Å². The highest BCUT2D eigenvalue weighted by molar-refractivity contribution is 9.10. The van der Waals surface area contributed by atoms with Crippen LogP contribution in [0.2, 0.25) is 0 Å². The lowest BCUT2D eigenvalue weighted by molar-refractivity contribution is -0.119. The molecular formula is C27H24Br2N4O3S. The highest BCUT2D eigenvalue weighted by Gasteiger charge is 2.27. The molecule has 0 spiro atoms. The Morgan fingerprint density at radius 3 is 2.16 bits per heavy atom.